The van der Waals surface area contributed by atoms with E-state index in [1.807, 2.05) is 9.80 Å². The average Bonchev–Trinajstić information content (AvgIpc) is 3.52. The summed E-state index contributed by atoms with van der Waals surface area (Å²) in [6.07, 6.45) is -5.87. The molecule has 6 aliphatic rings. The molecule has 5 fully saturated rings. The molecule has 308 valence electrons. The van der Waals surface area contributed by atoms with Gasteiger partial charge in [0, 0.05) is 43.6 Å². The summed E-state index contributed by atoms with van der Waals surface area (Å²) >= 11 is 0. The highest BCUT2D eigenvalue weighted by atomic mass is 19.4. The molecule has 2 aromatic heterocycles. The van der Waals surface area contributed by atoms with Gasteiger partial charge in [-0.3, -0.25) is 4.90 Å². The lowest BCUT2D eigenvalue weighted by atomic mass is 9.77. The largest absolute Gasteiger partial charge is 0.472 e. The smallest absolute Gasteiger partial charge is 0.417 e. The normalized spacial score (nSPS) is 28.4. The number of amides is 1. The number of aromatic nitrogens is 3. The van der Waals surface area contributed by atoms with Gasteiger partial charge in [0.1, 0.15) is 46.5 Å². The first kappa shape index (κ1) is 38.1. The number of carbonyl (C=O) groups is 1. The van der Waals surface area contributed by atoms with Crippen LogP contribution in [0.1, 0.15) is 58.1 Å². The molecule has 1 spiro atoms. The molecule has 1 saturated carbocycles. The molecule has 2 bridgehead atoms. The van der Waals surface area contributed by atoms with E-state index >= 15 is 13.2 Å². The van der Waals surface area contributed by atoms with Crippen molar-refractivity contribution in [3.8, 4) is 23.1 Å². The third-order valence-corrected chi connectivity index (χ3v) is 12.3. The number of hydrogen-bond donors (Lipinski definition) is 1. The van der Waals surface area contributed by atoms with Crippen LogP contribution in [-0.2, 0) is 15.7 Å². The number of nitrogen functional groups attached to an aromatic ring is 1. The van der Waals surface area contributed by atoms with E-state index in [4.69, 9.17) is 24.7 Å². The zero-order chi connectivity index (χ0) is 40.8. The van der Waals surface area contributed by atoms with Crippen LogP contribution in [0.25, 0.3) is 22.2 Å². The number of ether oxygens (including phenoxy) is 4. The zero-order valence-electron chi connectivity index (χ0n) is 31.9. The maximum absolute atomic E-state index is 17.1. The fourth-order valence-electron chi connectivity index (χ4n) is 9.61. The number of alkyl halides is 5. The van der Waals surface area contributed by atoms with Crippen LogP contribution in [0.3, 0.4) is 0 Å². The van der Waals surface area contributed by atoms with E-state index in [1.54, 1.807) is 32.6 Å². The topological polar surface area (TPSA) is 128 Å². The molecular weight excluding hydrogens is 767 g/mol. The Labute approximate surface area is 322 Å². The Kier molecular flexibility index (Phi) is 8.24. The number of piperazine rings is 1. The molecule has 4 saturated heterocycles. The van der Waals surface area contributed by atoms with E-state index < -0.39 is 112 Å². The second kappa shape index (κ2) is 12.3. The van der Waals surface area contributed by atoms with Crippen LogP contribution in [0.5, 0.6) is 11.9 Å². The van der Waals surface area contributed by atoms with Crippen LogP contribution < -0.4 is 20.1 Å². The average molecular weight is 810 g/mol. The Morgan fingerprint density at radius 2 is 1.77 bits per heavy atom. The van der Waals surface area contributed by atoms with Gasteiger partial charge in [-0.05, 0) is 59.1 Å². The number of halogens is 7. The summed E-state index contributed by atoms with van der Waals surface area (Å²) in [5, 5.41) is -0.0940. The maximum atomic E-state index is 17.1. The van der Waals surface area contributed by atoms with Crippen LogP contribution in [0.15, 0.2) is 6.07 Å². The second-order valence-electron chi connectivity index (χ2n) is 17.7. The number of pyridine rings is 1. The Morgan fingerprint density at radius 3 is 2.39 bits per heavy atom. The minimum Gasteiger partial charge on any atom is -0.472 e. The molecule has 0 unspecified atom stereocenters. The summed E-state index contributed by atoms with van der Waals surface area (Å²) in [5.74, 6) is -6.00. The van der Waals surface area contributed by atoms with Crippen molar-refractivity contribution in [2.24, 2.45) is 10.8 Å². The molecular formula is C38H42F7N7O5. The summed E-state index contributed by atoms with van der Waals surface area (Å²) in [7, 11) is 0. The minimum atomic E-state index is -5.17. The van der Waals surface area contributed by atoms with Gasteiger partial charge < -0.3 is 34.5 Å². The number of fused-ring (bicyclic) bond motifs is 5. The van der Waals surface area contributed by atoms with E-state index in [9.17, 15) is 22.4 Å². The highest BCUT2D eigenvalue weighted by Gasteiger charge is 2.73. The molecule has 3 aromatic rings. The summed E-state index contributed by atoms with van der Waals surface area (Å²) in [6.45, 7) is 9.85. The zero-order valence-corrected chi connectivity index (χ0v) is 31.9. The van der Waals surface area contributed by atoms with Crippen LogP contribution in [0.4, 0.5) is 47.0 Å². The van der Waals surface area contributed by atoms with Gasteiger partial charge in [0.05, 0.1) is 48.0 Å². The number of nitrogens with two attached hydrogens (primary N) is 1. The van der Waals surface area contributed by atoms with E-state index in [2.05, 4.69) is 15.0 Å². The van der Waals surface area contributed by atoms with Gasteiger partial charge in [-0.25, -0.2) is 27.3 Å². The molecule has 19 heteroatoms. The van der Waals surface area contributed by atoms with Crippen molar-refractivity contribution in [3.63, 3.8) is 0 Å². The van der Waals surface area contributed by atoms with Gasteiger partial charge in [0.25, 0.3) is 5.92 Å². The number of nitrogens with zero attached hydrogens (tertiary/aromatic N) is 6. The van der Waals surface area contributed by atoms with Gasteiger partial charge in [-0.2, -0.15) is 23.1 Å². The first-order valence-corrected chi connectivity index (χ1v) is 18.9. The van der Waals surface area contributed by atoms with Gasteiger partial charge in [0.2, 0.25) is 5.88 Å². The molecule has 7 heterocycles. The molecule has 12 nitrogen and oxygen atoms in total. The third-order valence-electron chi connectivity index (χ3n) is 12.3. The summed E-state index contributed by atoms with van der Waals surface area (Å²) in [4.78, 5) is 32.2. The molecule has 5 atom stereocenters. The van der Waals surface area contributed by atoms with Crippen molar-refractivity contribution in [3.05, 3.63) is 28.8 Å². The van der Waals surface area contributed by atoms with Gasteiger partial charge >= 0.3 is 18.3 Å². The van der Waals surface area contributed by atoms with Crippen molar-refractivity contribution in [2.75, 3.05) is 56.6 Å². The van der Waals surface area contributed by atoms with E-state index in [0.29, 0.717) is 45.2 Å². The fraction of sp³-hybridized carbons (Fsp3) is 0.632. The van der Waals surface area contributed by atoms with Crippen molar-refractivity contribution in [1.82, 2.24) is 24.8 Å². The van der Waals surface area contributed by atoms with Gasteiger partial charge in [-0.1, -0.05) is 0 Å². The van der Waals surface area contributed by atoms with Crippen molar-refractivity contribution in [1.29, 1.82) is 0 Å². The van der Waals surface area contributed by atoms with E-state index in [1.165, 1.54) is 0 Å². The van der Waals surface area contributed by atoms with Gasteiger partial charge in [0.15, 0.2) is 5.82 Å². The predicted octanol–water partition coefficient (Wildman–Crippen LogP) is 6.35. The molecule has 1 aliphatic carbocycles. The lowest BCUT2D eigenvalue weighted by Crippen LogP contribution is -2.66. The maximum Gasteiger partial charge on any atom is 0.417 e. The fourth-order valence-corrected chi connectivity index (χ4v) is 9.61. The molecule has 1 aromatic carbocycles. The lowest BCUT2D eigenvalue weighted by molar-refractivity contribution is -0.194. The predicted molar refractivity (Wildman–Crippen MR) is 190 cm³/mol. The second-order valence-corrected chi connectivity index (χ2v) is 17.7. The van der Waals surface area contributed by atoms with Crippen LogP contribution >= 0.6 is 0 Å². The summed E-state index contributed by atoms with van der Waals surface area (Å²) in [6, 6.07) is -1.38. The lowest BCUT2D eigenvalue weighted by Gasteiger charge is -2.55. The highest BCUT2D eigenvalue weighted by Crippen LogP contribution is 2.62. The van der Waals surface area contributed by atoms with Crippen molar-refractivity contribution < 1.29 is 54.5 Å². The molecule has 9 rings (SSSR count). The minimum absolute atomic E-state index is 0.0157. The summed E-state index contributed by atoms with van der Waals surface area (Å²) in [5.41, 5.74) is -1.92. The molecule has 1 amide bonds. The van der Waals surface area contributed by atoms with Crippen molar-refractivity contribution in [2.45, 2.75) is 95.8 Å². The van der Waals surface area contributed by atoms with Crippen LogP contribution in [0.2, 0.25) is 0 Å². The monoisotopic (exact) mass is 809 g/mol. The number of hydrogen-bond acceptors (Lipinski definition) is 11. The number of anilines is 2. The Balaban J connectivity index is 1.16. The number of carbonyl (C=O) groups excluding carboxylic acids is 1. The Morgan fingerprint density at radius 1 is 1.07 bits per heavy atom. The SMILES string of the molecule is Cc1c(F)c(N)cc(-c2nc3c4c(nc(OC[C@]5(CN6CC7(COC7)C6)CC5(F)F)nc4c2F)N2C[C@H]4CC[C@@H]([C@H]2[C@H](C)O3)N4C(=O)OC(C)(C)C)c1C(F)(F)F. The van der Waals surface area contributed by atoms with Crippen LogP contribution in [0, 0.1) is 29.4 Å². The first-order chi connectivity index (χ1) is 26.6. The molecule has 0 radical (unpaired) electrons. The van der Waals surface area contributed by atoms with Crippen molar-refractivity contribution >= 4 is 28.5 Å². The van der Waals surface area contributed by atoms with E-state index in [-0.39, 0.29) is 41.6 Å². The van der Waals surface area contributed by atoms with E-state index in [0.717, 1.165) is 6.92 Å². The third kappa shape index (κ3) is 5.99. The number of benzene rings is 1. The van der Waals surface area contributed by atoms with Gasteiger partial charge in [-0.15, -0.1) is 0 Å². The van der Waals surface area contributed by atoms with Crippen LogP contribution in [-0.4, -0.2) is 113 Å². The Hall–Kier alpha value is -4.39. The number of likely N-dealkylation sites (tertiary alicyclic amines) is 1. The first-order valence-electron chi connectivity index (χ1n) is 18.9. The standard InChI is InChI=1S/C38H42F7N7O5/c1-17-24(38(43,44)45)20(8-21(46)25(17)39)27-26(40)28-23-30(49-32(48-28)55-16-36(10-37(36,41)42)13-50-11-35(12-50)14-54-15-35)51-9-19-6-7-22(29(51)18(2)56-31(23)47-27)52(19)33(53)57-34(3,4)5/h8,18-19,22,29H,6-7,9-16,46H2,1-5H3/t18-,19+,22-,29+,36+/m0/s1. The quantitative estimate of drug-likeness (QED) is 0.221. The number of rotatable bonds is 6. The highest BCUT2D eigenvalue weighted by molar-refractivity contribution is 5.98. The molecule has 2 N–H and O–H groups in total. The summed E-state index contributed by atoms with van der Waals surface area (Å²) < 4.78 is 129. The molecule has 5 aliphatic heterocycles. The molecule has 57 heavy (non-hydrogen) atoms. The Bertz CT molecular complexity index is 2190.